The molecule has 1 aliphatic rings. The summed E-state index contributed by atoms with van der Waals surface area (Å²) in [6.45, 7) is 1.90. The van der Waals surface area contributed by atoms with Crippen LogP contribution in [0.25, 0.3) is 0 Å². The molecule has 5 rings (SSSR count). The normalized spacial score (nSPS) is 14.9. The number of H-pyrrole nitrogens is 1. The molecule has 2 aromatic carbocycles. The number of amides is 2. The highest BCUT2D eigenvalue weighted by Gasteiger charge is 2.29. The third kappa shape index (κ3) is 4.49. The van der Waals surface area contributed by atoms with Crippen LogP contribution >= 0.6 is 0 Å². The Kier molecular flexibility index (Phi) is 5.51. The van der Waals surface area contributed by atoms with Gasteiger partial charge in [0.05, 0.1) is 11.8 Å². The number of benzene rings is 2. The van der Waals surface area contributed by atoms with Crippen LogP contribution in [0.3, 0.4) is 0 Å². The van der Waals surface area contributed by atoms with Crippen LogP contribution in [0.5, 0.6) is 0 Å². The smallest absolute Gasteiger partial charge is 0.258 e. The van der Waals surface area contributed by atoms with Crippen molar-refractivity contribution in [1.82, 2.24) is 20.0 Å². The van der Waals surface area contributed by atoms with Crippen LogP contribution < -0.4 is 10.6 Å². The number of rotatable bonds is 6. The van der Waals surface area contributed by atoms with Gasteiger partial charge in [0.25, 0.3) is 5.91 Å². The maximum absolute atomic E-state index is 12.5. The molecule has 1 aliphatic heterocycles. The van der Waals surface area contributed by atoms with Gasteiger partial charge < -0.3 is 10.6 Å². The lowest BCUT2D eigenvalue weighted by Crippen LogP contribution is -2.12. The van der Waals surface area contributed by atoms with Gasteiger partial charge in [-0.15, -0.1) is 0 Å². The van der Waals surface area contributed by atoms with Crippen LogP contribution in [0.4, 0.5) is 17.2 Å². The molecule has 0 saturated heterocycles. The van der Waals surface area contributed by atoms with Gasteiger partial charge in [0.15, 0.2) is 5.82 Å². The highest BCUT2D eigenvalue weighted by molar-refractivity contribution is 6.12. The van der Waals surface area contributed by atoms with Crippen molar-refractivity contribution in [2.24, 2.45) is 12.0 Å². The second-order valence-corrected chi connectivity index (χ2v) is 8.31. The molecule has 0 fully saturated rings. The van der Waals surface area contributed by atoms with E-state index in [-0.39, 0.29) is 11.8 Å². The Morgan fingerprint density at radius 2 is 2.06 bits per heavy atom. The number of aliphatic imine (C=N–C) groups is 1. The molecule has 9 nitrogen and oxygen atoms in total. The molecule has 170 valence electrons. The summed E-state index contributed by atoms with van der Waals surface area (Å²) in [6, 6.07) is 15.5. The number of carbonyl (C=O) groups excluding carboxylic acids is 2. The molecule has 0 spiro atoms. The molecule has 1 atom stereocenters. The number of nitrogens with zero attached hydrogens (tertiary/aromatic N) is 4. The van der Waals surface area contributed by atoms with E-state index >= 15 is 0 Å². The first-order chi connectivity index (χ1) is 16.4. The fourth-order valence-corrected chi connectivity index (χ4v) is 3.95. The van der Waals surface area contributed by atoms with E-state index in [9.17, 15) is 9.59 Å². The Morgan fingerprint density at radius 1 is 1.21 bits per heavy atom. The lowest BCUT2D eigenvalue weighted by molar-refractivity contribution is -0.115. The summed E-state index contributed by atoms with van der Waals surface area (Å²) in [5, 5.41) is 16.8. The zero-order chi connectivity index (χ0) is 23.7. The van der Waals surface area contributed by atoms with Crippen molar-refractivity contribution in [2.45, 2.75) is 19.3 Å². The van der Waals surface area contributed by atoms with Crippen molar-refractivity contribution in [3.8, 4) is 0 Å². The maximum atomic E-state index is 12.5. The zero-order valence-electron chi connectivity index (χ0n) is 18.7. The molecule has 0 bridgehead atoms. The van der Waals surface area contributed by atoms with Gasteiger partial charge in [-0.2, -0.15) is 10.2 Å². The quantitative estimate of drug-likeness (QED) is 0.386. The average molecular weight is 454 g/mol. The average Bonchev–Trinajstić information content (AvgIpc) is 3.51. The Morgan fingerprint density at radius 3 is 2.82 bits per heavy atom. The molecule has 4 aromatic rings. The lowest BCUT2D eigenvalue weighted by atomic mass is 9.96. The fourth-order valence-electron chi connectivity index (χ4n) is 3.95. The van der Waals surface area contributed by atoms with Crippen molar-refractivity contribution in [3.63, 3.8) is 0 Å². The molecule has 0 saturated carbocycles. The highest BCUT2D eigenvalue weighted by atomic mass is 16.2. The number of hydrogen-bond donors (Lipinski definition) is 3. The summed E-state index contributed by atoms with van der Waals surface area (Å²) in [5.74, 6) is -0.248. The number of aryl methyl sites for hydroxylation is 2. The second kappa shape index (κ2) is 8.78. The molecule has 3 heterocycles. The van der Waals surface area contributed by atoms with Gasteiger partial charge >= 0.3 is 0 Å². The Hall–Kier alpha value is -4.53. The third-order valence-electron chi connectivity index (χ3n) is 5.60. The van der Waals surface area contributed by atoms with Crippen LogP contribution in [0.15, 0.2) is 65.9 Å². The largest absolute Gasteiger partial charge is 0.325 e. The van der Waals surface area contributed by atoms with Crippen LogP contribution in [-0.2, 0) is 18.3 Å². The van der Waals surface area contributed by atoms with Crippen LogP contribution in [0, 0.1) is 6.92 Å². The van der Waals surface area contributed by atoms with Crippen LogP contribution in [0.2, 0.25) is 0 Å². The Labute approximate surface area is 195 Å². The minimum absolute atomic E-state index is 0.108. The van der Waals surface area contributed by atoms with E-state index in [2.05, 4.69) is 30.9 Å². The van der Waals surface area contributed by atoms with Gasteiger partial charge in [-0.25, -0.2) is 4.99 Å². The minimum atomic E-state index is -0.475. The molecule has 0 radical (unpaired) electrons. The van der Waals surface area contributed by atoms with E-state index in [0.717, 1.165) is 28.1 Å². The van der Waals surface area contributed by atoms with E-state index in [1.165, 1.54) is 6.20 Å². The van der Waals surface area contributed by atoms with Gasteiger partial charge in [0.2, 0.25) is 5.91 Å². The van der Waals surface area contributed by atoms with E-state index in [1.54, 1.807) is 24.1 Å². The monoisotopic (exact) mass is 453 g/mol. The predicted molar refractivity (Wildman–Crippen MR) is 130 cm³/mol. The third-order valence-corrected chi connectivity index (χ3v) is 5.60. The summed E-state index contributed by atoms with van der Waals surface area (Å²) in [6.07, 6.45) is 5.49. The van der Waals surface area contributed by atoms with Crippen molar-refractivity contribution < 1.29 is 9.59 Å². The zero-order valence-corrected chi connectivity index (χ0v) is 18.7. The van der Waals surface area contributed by atoms with E-state index in [1.807, 2.05) is 55.5 Å². The number of fused-ring (bicyclic) bond motifs is 1. The summed E-state index contributed by atoms with van der Waals surface area (Å²) in [5.41, 5.74) is 5.90. The van der Waals surface area contributed by atoms with Crippen LogP contribution in [-0.4, -0.2) is 38.0 Å². The first-order valence-corrected chi connectivity index (χ1v) is 10.8. The number of aromatic amines is 1. The number of nitrogens with one attached hydrogen (secondary N) is 3. The van der Waals surface area contributed by atoms with E-state index in [4.69, 9.17) is 0 Å². The van der Waals surface area contributed by atoms with Crippen molar-refractivity contribution in [1.29, 1.82) is 0 Å². The summed E-state index contributed by atoms with van der Waals surface area (Å²) in [7, 11) is 1.77. The summed E-state index contributed by atoms with van der Waals surface area (Å²) < 4.78 is 1.59. The van der Waals surface area contributed by atoms with E-state index < -0.39 is 5.92 Å². The summed E-state index contributed by atoms with van der Waals surface area (Å²) >= 11 is 0. The predicted octanol–water partition coefficient (Wildman–Crippen LogP) is 3.73. The van der Waals surface area contributed by atoms with E-state index in [0.29, 0.717) is 23.5 Å². The van der Waals surface area contributed by atoms with Gasteiger partial charge in [0.1, 0.15) is 5.92 Å². The Balaban J connectivity index is 1.32. The lowest BCUT2D eigenvalue weighted by Gasteiger charge is -2.09. The maximum Gasteiger partial charge on any atom is 0.258 e. The number of aromatic nitrogens is 4. The fraction of sp³-hybridized carbons (Fsp3) is 0.160. The molecule has 3 N–H and O–H groups in total. The molecule has 0 aliphatic carbocycles. The SMILES string of the molecule is Cc1cc(N=CC2C(=O)Nc3ccc(Cc4cccc(NC(=O)c5cnn(C)c5)c4)cc32)n[nH]1. The number of anilines is 2. The molecular formula is C25H23N7O2. The van der Waals surface area contributed by atoms with Crippen LogP contribution in [0.1, 0.15) is 38.7 Å². The molecule has 2 amide bonds. The first kappa shape index (κ1) is 21.3. The minimum Gasteiger partial charge on any atom is -0.325 e. The molecule has 1 unspecified atom stereocenters. The van der Waals surface area contributed by atoms with Crippen molar-refractivity contribution in [2.75, 3.05) is 10.6 Å². The van der Waals surface area contributed by atoms with Gasteiger partial charge in [-0.05, 0) is 48.2 Å². The Bertz CT molecular complexity index is 1420. The van der Waals surface area contributed by atoms with Crippen molar-refractivity contribution >= 4 is 35.2 Å². The standard InChI is InChI=1S/C25H23N7O2/c1-15-8-23(31-30-15)26-13-21-20-11-17(6-7-22(20)29-25(21)34)9-16-4-3-5-19(10-16)28-24(33)18-12-27-32(2)14-18/h3-8,10-14,21H,9H2,1-2H3,(H,28,33)(H,29,34)(H,30,31). The topological polar surface area (TPSA) is 117 Å². The molecular weight excluding hydrogens is 430 g/mol. The molecule has 2 aromatic heterocycles. The van der Waals surface area contributed by atoms with Crippen molar-refractivity contribution in [3.05, 3.63) is 88.9 Å². The molecule has 34 heavy (non-hydrogen) atoms. The highest BCUT2D eigenvalue weighted by Crippen LogP contribution is 2.33. The first-order valence-electron chi connectivity index (χ1n) is 10.8. The van der Waals surface area contributed by atoms with Gasteiger partial charge in [-0.1, -0.05) is 24.3 Å². The van der Waals surface area contributed by atoms with Gasteiger partial charge in [0, 0.05) is 42.6 Å². The van der Waals surface area contributed by atoms with Gasteiger partial charge in [-0.3, -0.25) is 19.4 Å². The summed E-state index contributed by atoms with van der Waals surface area (Å²) in [4.78, 5) is 29.3. The number of carbonyl (C=O) groups is 2. The second-order valence-electron chi connectivity index (χ2n) is 8.31. The number of hydrogen-bond acceptors (Lipinski definition) is 5. The molecule has 9 heteroatoms.